The minimum absolute atomic E-state index is 0.0103. The normalized spacial score (nSPS) is 33.2. The van der Waals surface area contributed by atoms with Gasteiger partial charge in [-0.1, -0.05) is 13.8 Å². The fourth-order valence-electron chi connectivity index (χ4n) is 5.27. The van der Waals surface area contributed by atoms with Crippen LogP contribution in [0.3, 0.4) is 0 Å². The van der Waals surface area contributed by atoms with Gasteiger partial charge in [-0.25, -0.2) is 8.78 Å². The molecule has 4 rings (SSSR count). The highest BCUT2D eigenvalue weighted by molar-refractivity contribution is 5.78. The van der Waals surface area contributed by atoms with Crippen LogP contribution in [0.1, 0.15) is 44.8 Å². The lowest BCUT2D eigenvalue weighted by atomic mass is 9.91. The van der Waals surface area contributed by atoms with Crippen LogP contribution in [0.5, 0.6) is 0 Å². The Kier molecular flexibility index (Phi) is 5.91. The number of carbonyl (C=O) groups is 1. The predicted octanol–water partition coefficient (Wildman–Crippen LogP) is 2.70. The fraction of sp³-hybridized carbons (Fsp3) is 0.682. The average Bonchev–Trinajstić information content (AvgIpc) is 3.13. The van der Waals surface area contributed by atoms with Gasteiger partial charge in [-0.05, 0) is 43.4 Å². The maximum absolute atomic E-state index is 14.2. The number of benzene rings is 1. The van der Waals surface area contributed by atoms with Crippen molar-refractivity contribution in [3.8, 4) is 0 Å². The highest BCUT2D eigenvalue weighted by Gasteiger charge is 2.45. The summed E-state index contributed by atoms with van der Waals surface area (Å²) < 4.78 is 33.7. The summed E-state index contributed by atoms with van der Waals surface area (Å²) >= 11 is 0. The second-order valence-electron chi connectivity index (χ2n) is 9.08. The summed E-state index contributed by atoms with van der Waals surface area (Å²) in [4.78, 5) is 17.1. The average molecular weight is 408 g/mol. The molecule has 7 heteroatoms. The van der Waals surface area contributed by atoms with Gasteiger partial charge in [-0.3, -0.25) is 9.69 Å². The number of halogens is 2. The van der Waals surface area contributed by atoms with Crippen LogP contribution in [-0.2, 0) is 9.53 Å². The number of nitrogens with two attached hydrogens (primary N) is 1. The minimum atomic E-state index is -0.633. The number of amides is 1. The van der Waals surface area contributed by atoms with E-state index in [2.05, 4.69) is 9.80 Å². The van der Waals surface area contributed by atoms with Crippen LogP contribution >= 0.6 is 0 Å². The Hall–Kier alpha value is -1.57. The topological polar surface area (TPSA) is 58.8 Å². The van der Waals surface area contributed by atoms with E-state index in [1.54, 1.807) is 0 Å². The van der Waals surface area contributed by atoms with Crippen LogP contribution in [-0.4, -0.2) is 60.1 Å². The van der Waals surface area contributed by atoms with Gasteiger partial charge in [-0.15, -0.1) is 0 Å². The largest absolute Gasteiger partial charge is 0.370 e. The van der Waals surface area contributed by atoms with Gasteiger partial charge in [0.25, 0.3) is 0 Å². The number of piperidine rings is 1. The summed E-state index contributed by atoms with van der Waals surface area (Å²) in [5, 5.41) is 0. The third-order valence-electron chi connectivity index (χ3n) is 6.77. The van der Waals surface area contributed by atoms with E-state index in [-0.39, 0.29) is 29.5 Å². The highest BCUT2D eigenvalue weighted by Crippen LogP contribution is 2.36. The molecule has 160 valence electrons. The van der Waals surface area contributed by atoms with Crippen molar-refractivity contribution in [1.29, 1.82) is 0 Å². The first-order valence-electron chi connectivity index (χ1n) is 10.7. The number of nitrogens with zero attached hydrogens (tertiary/aromatic N) is 2. The van der Waals surface area contributed by atoms with Crippen molar-refractivity contribution in [2.24, 2.45) is 17.6 Å². The quantitative estimate of drug-likeness (QED) is 0.837. The van der Waals surface area contributed by atoms with Crippen LogP contribution in [0.2, 0.25) is 0 Å². The number of likely N-dealkylation sites (tertiary alicyclic amines) is 2. The van der Waals surface area contributed by atoms with Gasteiger partial charge in [0.05, 0.1) is 6.61 Å². The van der Waals surface area contributed by atoms with Crippen molar-refractivity contribution in [3.63, 3.8) is 0 Å². The SMILES string of the molecule is CC(C)C(=O)N1CCCC2CN(C3COC(c4cc(F)ccc4F)C(N)C3)CC21. The molecule has 5 nitrogen and oxygen atoms in total. The Morgan fingerprint density at radius 1 is 1.28 bits per heavy atom. The molecule has 3 saturated heterocycles. The molecule has 2 N–H and O–H groups in total. The molecule has 3 fully saturated rings. The number of hydrogen-bond acceptors (Lipinski definition) is 4. The first-order valence-corrected chi connectivity index (χ1v) is 10.7. The summed E-state index contributed by atoms with van der Waals surface area (Å²) in [6, 6.07) is 3.40. The Labute approximate surface area is 171 Å². The minimum Gasteiger partial charge on any atom is -0.370 e. The second kappa shape index (κ2) is 8.28. The van der Waals surface area contributed by atoms with E-state index >= 15 is 0 Å². The van der Waals surface area contributed by atoms with Crippen LogP contribution in [0, 0.1) is 23.5 Å². The molecule has 1 aromatic rings. The number of fused-ring (bicyclic) bond motifs is 1. The zero-order valence-corrected chi connectivity index (χ0v) is 17.2. The van der Waals surface area contributed by atoms with E-state index in [0.29, 0.717) is 18.9 Å². The number of rotatable bonds is 3. The zero-order chi connectivity index (χ0) is 20.7. The Bertz CT molecular complexity index is 760. The van der Waals surface area contributed by atoms with Crippen LogP contribution in [0.25, 0.3) is 0 Å². The van der Waals surface area contributed by atoms with E-state index in [0.717, 1.165) is 44.6 Å². The predicted molar refractivity (Wildman–Crippen MR) is 106 cm³/mol. The standard InChI is InChI=1S/C22H31F2N3O2/c1-13(2)22(28)27-7-3-4-14-10-26(11-20(14)27)16-9-19(25)21(29-12-16)17-8-15(23)5-6-18(17)24/h5-6,8,13-14,16,19-21H,3-4,7,9-12,25H2,1-2H3. The smallest absolute Gasteiger partial charge is 0.225 e. The summed E-state index contributed by atoms with van der Waals surface area (Å²) in [5.41, 5.74) is 6.54. The van der Waals surface area contributed by atoms with Crippen LogP contribution in [0.4, 0.5) is 8.78 Å². The monoisotopic (exact) mass is 407 g/mol. The lowest BCUT2D eigenvalue weighted by molar-refractivity contribution is -0.138. The molecule has 3 aliphatic rings. The maximum atomic E-state index is 14.2. The maximum Gasteiger partial charge on any atom is 0.225 e. The molecule has 0 bridgehead atoms. The second-order valence-corrected chi connectivity index (χ2v) is 9.08. The number of carbonyl (C=O) groups excluding carboxylic acids is 1. The molecule has 0 spiro atoms. The van der Waals surface area contributed by atoms with Crippen LogP contribution in [0.15, 0.2) is 18.2 Å². The molecule has 3 heterocycles. The Morgan fingerprint density at radius 2 is 2.07 bits per heavy atom. The molecule has 0 saturated carbocycles. The van der Waals surface area contributed by atoms with E-state index in [1.807, 2.05) is 13.8 Å². The van der Waals surface area contributed by atoms with Crippen molar-refractivity contribution in [3.05, 3.63) is 35.4 Å². The van der Waals surface area contributed by atoms with E-state index in [4.69, 9.17) is 10.5 Å². The van der Waals surface area contributed by atoms with Gasteiger partial charge in [0.2, 0.25) is 5.91 Å². The lowest BCUT2D eigenvalue weighted by Crippen LogP contribution is -2.51. The molecule has 0 aromatic heterocycles. The summed E-state index contributed by atoms with van der Waals surface area (Å²) in [5.74, 6) is -0.241. The van der Waals surface area contributed by atoms with Gasteiger partial charge in [0, 0.05) is 49.2 Å². The molecule has 0 aliphatic carbocycles. The lowest BCUT2D eigenvalue weighted by Gasteiger charge is -2.39. The van der Waals surface area contributed by atoms with Gasteiger partial charge in [-0.2, -0.15) is 0 Å². The Morgan fingerprint density at radius 3 is 2.79 bits per heavy atom. The Balaban J connectivity index is 1.42. The molecular formula is C22H31F2N3O2. The summed E-state index contributed by atoms with van der Waals surface area (Å²) in [6.45, 7) is 6.96. The summed E-state index contributed by atoms with van der Waals surface area (Å²) in [7, 11) is 0. The molecule has 5 atom stereocenters. The third kappa shape index (κ3) is 4.05. The van der Waals surface area contributed by atoms with Gasteiger partial charge >= 0.3 is 0 Å². The van der Waals surface area contributed by atoms with Crippen molar-refractivity contribution >= 4 is 5.91 Å². The molecule has 1 aromatic carbocycles. The molecule has 5 unspecified atom stereocenters. The molecule has 3 aliphatic heterocycles. The van der Waals surface area contributed by atoms with Gasteiger partial charge in [0.15, 0.2) is 0 Å². The van der Waals surface area contributed by atoms with Crippen molar-refractivity contribution in [1.82, 2.24) is 9.80 Å². The number of hydrogen-bond donors (Lipinski definition) is 1. The van der Waals surface area contributed by atoms with Gasteiger partial charge < -0.3 is 15.4 Å². The third-order valence-corrected chi connectivity index (χ3v) is 6.77. The highest BCUT2D eigenvalue weighted by atomic mass is 19.1. The van der Waals surface area contributed by atoms with E-state index < -0.39 is 23.8 Å². The fourth-order valence-corrected chi connectivity index (χ4v) is 5.27. The molecule has 29 heavy (non-hydrogen) atoms. The molecular weight excluding hydrogens is 376 g/mol. The van der Waals surface area contributed by atoms with Gasteiger partial charge in [0.1, 0.15) is 17.7 Å². The van der Waals surface area contributed by atoms with Crippen molar-refractivity contribution in [2.45, 2.75) is 57.3 Å². The number of ether oxygens (including phenoxy) is 1. The first-order chi connectivity index (χ1) is 13.8. The van der Waals surface area contributed by atoms with E-state index in [9.17, 15) is 13.6 Å². The zero-order valence-electron chi connectivity index (χ0n) is 17.2. The van der Waals surface area contributed by atoms with Crippen molar-refractivity contribution < 1.29 is 18.3 Å². The van der Waals surface area contributed by atoms with E-state index in [1.165, 1.54) is 6.07 Å². The van der Waals surface area contributed by atoms with Crippen LogP contribution < -0.4 is 5.73 Å². The summed E-state index contributed by atoms with van der Waals surface area (Å²) in [6.07, 6.45) is 2.22. The van der Waals surface area contributed by atoms with Crippen molar-refractivity contribution in [2.75, 3.05) is 26.2 Å². The first kappa shape index (κ1) is 20.7. The molecule has 1 amide bonds. The molecule has 0 radical (unpaired) electrons.